The van der Waals surface area contributed by atoms with E-state index >= 15 is 0 Å². The molecular formula is C23H28N2O5. The van der Waals surface area contributed by atoms with Gasteiger partial charge in [-0.25, -0.2) is 14.6 Å². The van der Waals surface area contributed by atoms with Gasteiger partial charge < -0.3 is 19.5 Å². The van der Waals surface area contributed by atoms with E-state index in [0.717, 1.165) is 12.0 Å². The summed E-state index contributed by atoms with van der Waals surface area (Å²) in [4.78, 5) is 28.7. The number of fused-ring (bicyclic) bond motifs is 1. The highest BCUT2D eigenvalue weighted by atomic mass is 16.5. The lowest BCUT2D eigenvalue weighted by Gasteiger charge is -2.24. The average Bonchev–Trinajstić information content (AvgIpc) is 2.91. The van der Waals surface area contributed by atoms with Crippen molar-refractivity contribution in [3.05, 3.63) is 58.8 Å². The summed E-state index contributed by atoms with van der Waals surface area (Å²) in [5.41, 5.74) is 3.78. The van der Waals surface area contributed by atoms with Gasteiger partial charge in [0, 0.05) is 31.3 Å². The first kappa shape index (κ1) is 21.6. The molecule has 1 aliphatic rings. The zero-order chi connectivity index (χ0) is 21.7. The van der Waals surface area contributed by atoms with Crippen LogP contribution in [0.1, 0.15) is 53.2 Å². The SMILES string of the molecule is COC(=O)c1ccc(OCc2ccc3c(c2)CCN(C(=O)O)CC3CC(C)C)nc1. The van der Waals surface area contributed by atoms with Gasteiger partial charge >= 0.3 is 12.1 Å². The quantitative estimate of drug-likeness (QED) is 0.718. The summed E-state index contributed by atoms with van der Waals surface area (Å²) in [6, 6.07) is 9.50. The molecule has 1 atom stereocenters. The van der Waals surface area contributed by atoms with Gasteiger partial charge in [0.2, 0.25) is 5.88 Å². The van der Waals surface area contributed by atoms with Crippen LogP contribution in [0.3, 0.4) is 0 Å². The summed E-state index contributed by atoms with van der Waals surface area (Å²) >= 11 is 0. The number of carbonyl (C=O) groups is 2. The van der Waals surface area contributed by atoms with E-state index in [-0.39, 0.29) is 5.92 Å². The van der Waals surface area contributed by atoms with E-state index in [4.69, 9.17) is 4.74 Å². The Balaban J connectivity index is 1.73. The molecule has 0 saturated heterocycles. The van der Waals surface area contributed by atoms with Crippen molar-refractivity contribution in [3.8, 4) is 5.88 Å². The van der Waals surface area contributed by atoms with Crippen LogP contribution >= 0.6 is 0 Å². The third kappa shape index (κ3) is 5.28. The van der Waals surface area contributed by atoms with Crippen LogP contribution in [0.25, 0.3) is 0 Å². The Kier molecular flexibility index (Phi) is 6.92. The summed E-state index contributed by atoms with van der Waals surface area (Å²) in [6.07, 6.45) is 2.20. The molecule has 1 N–H and O–H groups in total. The predicted octanol–water partition coefficient (Wildman–Crippen LogP) is 4.11. The summed E-state index contributed by atoms with van der Waals surface area (Å²) in [7, 11) is 1.33. The Bertz CT molecular complexity index is 895. The molecule has 1 aromatic carbocycles. The molecule has 1 aromatic heterocycles. The van der Waals surface area contributed by atoms with Crippen molar-refractivity contribution < 1.29 is 24.2 Å². The van der Waals surface area contributed by atoms with Crippen LogP contribution < -0.4 is 4.74 Å². The van der Waals surface area contributed by atoms with E-state index in [1.165, 1.54) is 29.3 Å². The molecule has 1 unspecified atom stereocenters. The van der Waals surface area contributed by atoms with Crippen LogP contribution in [0.2, 0.25) is 0 Å². The topological polar surface area (TPSA) is 89.0 Å². The van der Waals surface area contributed by atoms with E-state index in [1.807, 2.05) is 6.07 Å². The van der Waals surface area contributed by atoms with Gasteiger partial charge in [0.15, 0.2) is 0 Å². The fraction of sp³-hybridized carbons (Fsp3) is 0.435. The third-order valence-electron chi connectivity index (χ3n) is 5.31. The molecule has 2 aromatic rings. The van der Waals surface area contributed by atoms with Crippen molar-refractivity contribution in [2.75, 3.05) is 20.2 Å². The number of benzene rings is 1. The number of nitrogens with zero attached hydrogens (tertiary/aromatic N) is 2. The minimum absolute atomic E-state index is 0.195. The Morgan fingerprint density at radius 1 is 1.27 bits per heavy atom. The van der Waals surface area contributed by atoms with Gasteiger partial charge in [0.05, 0.1) is 12.7 Å². The molecule has 1 amide bonds. The second-order valence-electron chi connectivity index (χ2n) is 8.00. The number of ether oxygens (including phenoxy) is 2. The van der Waals surface area contributed by atoms with Crippen LogP contribution in [-0.2, 0) is 17.8 Å². The largest absolute Gasteiger partial charge is 0.473 e. The Labute approximate surface area is 176 Å². The number of hydrogen-bond acceptors (Lipinski definition) is 5. The van der Waals surface area contributed by atoms with Gasteiger partial charge in [-0.05, 0) is 41.5 Å². The molecule has 0 bridgehead atoms. The molecule has 3 rings (SSSR count). The fourth-order valence-electron chi connectivity index (χ4n) is 3.88. The first-order chi connectivity index (χ1) is 14.4. The van der Waals surface area contributed by atoms with Gasteiger partial charge in [0.1, 0.15) is 6.61 Å². The Morgan fingerprint density at radius 2 is 2.07 bits per heavy atom. The maximum atomic E-state index is 11.6. The maximum absolute atomic E-state index is 11.6. The lowest BCUT2D eigenvalue weighted by atomic mass is 9.86. The standard InChI is InChI=1S/C23H28N2O5/c1-15(2)10-19-13-25(23(27)28)9-8-17-11-16(4-6-20(17)19)14-30-21-7-5-18(12-24-21)22(26)29-3/h4-7,11-12,15,19H,8-10,13-14H2,1-3H3,(H,27,28). The summed E-state index contributed by atoms with van der Waals surface area (Å²) in [5.74, 6) is 0.665. The predicted molar refractivity (Wildman–Crippen MR) is 112 cm³/mol. The molecule has 0 aliphatic carbocycles. The van der Waals surface area contributed by atoms with Gasteiger partial charge in [-0.1, -0.05) is 32.0 Å². The molecule has 160 valence electrons. The lowest BCUT2D eigenvalue weighted by Crippen LogP contribution is -2.33. The van der Waals surface area contributed by atoms with Crippen molar-refractivity contribution >= 4 is 12.1 Å². The van der Waals surface area contributed by atoms with Crippen LogP contribution in [0.4, 0.5) is 4.79 Å². The highest BCUT2D eigenvalue weighted by molar-refractivity contribution is 5.88. The highest BCUT2D eigenvalue weighted by Gasteiger charge is 2.26. The van der Waals surface area contributed by atoms with Gasteiger partial charge in [0.25, 0.3) is 0 Å². The molecule has 1 aliphatic heterocycles. The normalized spacial score (nSPS) is 16.0. The van der Waals surface area contributed by atoms with Crippen molar-refractivity contribution in [1.29, 1.82) is 0 Å². The van der Waals surface area contributed by atoms with E-state index in [2.05, 4.69) is 35.7 Å². The lowest BCUT2D eigenvalue weighted by molar-refractivity contribution is 0.0600. The van der Waals surface area contributed by atoms with Crippen LogP contribution in [0, 0.1) is 5.92 Å². The third-order valence-corrected chi connectivity index (χ3v) is 5.31. The molecule has 7 nitrogen and oxygen atoms in total. The van der Waals surface area contributed by atoms with Crippen molar-refractivity contribution in [2.45, 2.75) is 39.2 Å². The first-order valence-corrected chi connectivity index (χ1v) is 10.1. The fourth-order valence-corrected chi connectivity index (χ4v) is 3.88. The number of methoxy groups -OCH3 is 1. The number of carbonyl (C=O) groups excluding carboxylic acids is 1. The maximum Gasteiger partial charge on any atom is 0.407 e. The molecular weight excluding hydrogens is 384 g/mol. The summed E-state index contributed by atoms with van der Waals surface area (Å²) in [5, 5.41) is 9.50. The van der Waals surface area contributed by atoms with E-state index in [9.17, 15) is 14.7 Å². The second kappa shape index (κ2) is 9.61. The molecule has 0 fully saturated rings. The number of rotatable bonds is 6. The molecule has 0 spiro atoms. The van der Waals surface area contributed by atoms with Crippen molar-refractivity contribution in [3.63, 3.8) is 0 Å². The van der Waals surface area contributed by atoms with Crippen molar-refractivity contribution in [1.82, 2.24) is 9.88 Å². The van der Waals surface area contributed by atoms with Crippen LogP contribution in [-0.4, -0.2) is 47.3 Å². The minimum Gasteiger partial charge on any atom is -0.473 e. The monoisotopic (exact) mass is 412 g/mol. The van der Waals surface area contributed by atoms with E-state index in [1.54, 1.807) is 12.1 Å². The van der Waals surface area contributed by atoms with Gasteiger partial charge in [-0.15, -0.1) is 0 Å². The number of esters is 1. The zero-order valence-corrected chi connectivity index (χ0v) is 17.6. The van der Waals surface area contributed by atoms with E-state index < -0.39 is 12.1 Å². The number of hydrogen-bond donors (Lipinski definition) is 1. The summed E-state index contributed by atoms with van der Waals surface area (Å²) < 4.78 is 10.4. The minimum atomic E-state index is -0.860. The molecule has 7 heteroatoms. The smallest absolute Gasteiger partial charge is 0.407 e. The molecule has 0 saturated carbocycles. The molecule has 2 heterocycles. The molecule has 0 radical (unpaired) electrons. The van der Waals surface area contributed by atoms with Crippen LogP contribution in [0.5, 0.6) is 5.88 Å². The zero-order valence-electron chi connectivity index (χ0n) is 17.6. The molecule has 30 heavy (non-hydrogen) atoms. The highest BCUT2D eigenvalue weighted by Crippen LogP contribution is 2.31. The number of carboxylic acid groups (broad SMARTS) is 1. The Morgan fingerprint density at radius 3 is 2.70 bits per heavy atom. The number of aromatic nitrogens is 1. The summed E-state index contributed by atoms with van der Waals surface area (Å²) in [6.45, 7) is 5.70. The van der Waals surface area contributed by atoms with Crippen molar-refractivity contribution in [2.24, 2.45) is 5.92 Å². The van der Waals surface area contributed by atoms with Crippen LogP contribution in [0.15, 0.2) is 36.5 Å². The Hall–Kier alpha value is -3.09. The number of amides is 1. The average molecular weight is 412 g/mol. The second-order valence-corrected chi connectivity index (χ2v) is 8.00. The van der Waals surface area contributed by atoms with Gasteiger partial charge in [-0.3, -0.25) is 0 Å². The number of pyridine rings is 1. The van der Waals surface area contributed by atoms with E-state index in [0.29, 0.717) is 43.5 Å². The first-order valence-electron chi connectivity index (χ1n) is 10.1. The van der Waals surface area contributed by atoms with Gasteiger partial charge in [-0.2, -0.15) is 0 Å².